The maximum atomic E-state index is 5.37. The van der Waals surface area contributed by atoms with Crippen LogP contribution in [0.15, 0.2) is 10.3 Å². The van der Waals surface area contributed by atoms with Gasteiger partial charge in [-0.1, -0.05) is 13.8 Å². The first-order valence-electron chi connectivity index (χ1n) is 5.34. The molecule has 0 heterocycles. The lowest BCUT2D eigenvalue weighted by atomic mass is 10.3. The van der Waals surface area contributed by atoms with E-state index in [1.807, 2.05) is 40.8 Å². The Kier molecular flexibility index (Phi) is 6.23. The van der Waals surface area contributed by atoms with Crippen LogP contribution in [0.4, 0.5) is 0 Å². The minimum Gasteiger partial charge on any atom is -0.408 e. The van der Waals surface area contributed by atoms with Gasteiger partial charge >= 0.3 is 8.56 Å². The van der Waals surface area contributed by atoms with E-state index in [9.17, 15) is 0 Å². The summed E-state index contributed by atoms with van der Waals surface area (Å²) < 4.78 is 10.7. The molecule has 0 aliphatic heterocycles. The second kappa shape index (κ2) is 6.61. The average Bonchev–Trinajstić information content (AvgIpc) is 2.22. The van der Waals surface area contributed by atoms with Crippen LogP contribution in [0.1, 0.15) is 40.5 Å². The number of nitrogens with zero attached hydrogens (tertiary/aromatic N) is 2. The normalized spacial score (nSPS) is 14.0. The van der Waals surface area contributed by atoms with Crippen LogP contribution < -0.4 is 0 Å². The molecular weight excluding hydrogens is 208 g/mol. The zero-order valence-corrected chi connectivity index (χ0v) is 11.6. The molecule has 0 atom stereocenters. The van der Waals surface area contributed by atoms with Crippen molar-refractivity contribution in [1.29, 1.82) is 0 Å². The molecule has 0 aromatic rings. The highest BCUT2D eigenvalue weighted by Crippen LogP contribution is 2.08. The third-order valence-electron chi connectivity index (χ3n) is 1.87. The van der Waals surface area contributed by atoms with Gasteiger partial charge in [-0.3, -0.25) is 0 Å². The van der Waals surface area contributed by atoms with Crippen LogP contribution in [0.3, 0.4) is 0 Å². The molecule has 0 spiro atoms. The maximum Gasteiger partial charge on any atom is 0.503 e. The topological polar surface area (TPSA) is 43.2 Å². The monoisotopic (exact) mass is 230 g/mol. The van der Waals surface area contributed by atoms with Gasteiger partial charge in [-0.15, -0.1) is 10.3 Å². The summed E-state index contributed by atoms with van der Waals surface area (Å²) in [6, 6.07) is 0. The third-order valence-corrected chi connectivity index (χ3v) is 2.93. The highest BCUT2D eigenvalue weighted by atomic mass is 28.4. The lowest BCUT2D eigenvalue weighted by Crippen LogP contribution is -2.31. The summed E-state index contributed by atoms with van der Waals surface area (Å²) >= 11 is 0. The molecule has 0 radical (unpaired) electrons. The summed E-state index contributed by atoms with van der Waals surface area (Å²) in [5.41, 5.74) is 1.94. The Hall–Kier alpha value is -0.843. The summed E-state index contributed by atoms with van der Waals surface area (Å²) in [4.78, 5) is 0. The van der Waals surface area contributed by atoms with E-state index in [-0.39, 0.29) is 0 Å². The van der Waals surface area contributed by atoms with Crippen LogP contribution in [0.5, 0.6) is 0 Å². The van der Waals surface area contributed by atoms with Crippen molar-refractivity contribution in [3.8, 4) is 0 Å². The van der Waals surface area contributed by atoms with Crippen molar-refractivity contribution in [2.45, 2.75) is 53.6 Å². The van der Waals surface area contributed by atoms with E-state index >= 15 is 0 Å². The lowest BCUT2D eigenvalue weighted by molar-refractivity contribution is 0.192. The van der Waals surface area contributed by atoms with E-state index in [2.05, 4.69) is 10.3 Å². The summed E-state index contributed by atoms with van der Waals surface area (Å²) in [6.45, 7) is 11.8. The van der Waals surface area contributed by atoms with Crippen molar-refractivity contribution in [3.63, 3.8) is 0 Å². The van der Waals surface area contributed by atoms with Gasteiger partial charge in [0, 0.05) is 13.1 Å². The Bertz CT molecular complexity index is 226. The first-order valence-corrected chi connectivity index (χ1v) is 8.16. The number of hydrogen-bond acceptors (Lipinski definition) is 4. The Morgan fingerprint density at radius 1 is 0.933 bits per heavy atom. The first-order chi connectivity index (χ1) is 6.91. The molecule has 0 saturated heterocycles. The Morgan fingerprint density at radius 2 is 1.27 bits per heavy atom. The van der Waals surface area contributed by atoms with Crippen LogP contribution >= 0.6 is 0 Å². The van der Waals surface area contributed by atoms with Gasteiger partial charge in [0.1, 0.15) is 0 Å². The van der Waals surface area contributed by atoms with Crippen molar-refractivity contribution in [2.24, 2.45) is 10.3 Å². The smallest absolute Gasteiger partial charge is 0.408 e. The zero-order chi connectivity index (χ0) is 11.9. The van der Waals surface area contributed by atoms with E-state index in [1.165, 1.54) is 0 Å². The molecule has 0 aliphatic rings. The number of oxime groups is 2. The van der Waals surface area contributed by atoms with E-state index in [1.54, 1.807) is 0 Å². The van der Waals surface area contributed by atoms with Crippen molar-refractivity contribution in [1.82, 2.24) is 0 Å². The van der Waals surface area contributed by atoms with Crippen LogP contribution in [-0.4, -0.2) is 20.0 Å². The molecule has 5 heteroatoms. The Morgan fingerprint density at radius 3 is 1.53 bits per heavy atom. The van der Waals surface area contributed by atoms with Crippen LogP contribution in [0.25, 0.3) is 0 Å². The first kappa shape index (κ1) is 14.2. The Labute approximate surface area is 93.6 Å². The lowest BCUT2D eigenvalue weighted by Gasteiger charge is -2.17. The molecular formula is C10H22N2O2Si. The minimum absolute atomic E-state index is 0.891. The minimum atomic E-state index is -2.24. The predicted octanol–water partition coefficient (Wildman–Crippen LogP) is 3.29. The van der Waals surface area contributed by atoms with Crippen molar-refractivity contribution < 1.29 is 9.05 Å². The molecule has 0 unspecified atom stereocenters. The van der Waals surface area contributed by atoms with E-state index in [0.29, 0.717) is 0 Å². The Balaban J connectivity index is 4.19. The summed E-state index contributed by atoms with van der Waals surface area (Å²) in [5, 5.41) is 8.00. The fraction of sp³-hybridized carbons (Fsp3) is 0.800. The quantitative estimate of drug-likeness (QED) is 0.399. The summed E-state index contributed by atoms with van der Waals surface area (Å²) in [7, 11) is -2.24. The van der Waals surface area contributed by atoms with Gasteiger partial charge in [0.2, 0.25) is 0 Å². The fourth-order valence-corrected chi connectivity index (χ4v) is 1.31. The highest BCUT2D eigenvalue weighted by molar-refractivity contribution is 6.64. The van der Waals surface area contributed by atoms with E-state index < -0.39 is 8.56 Å². The molecule has 0 N–H and O–H groups in total. The third kappa shape index (κ3) is 7.13. The largest absolute Gasteiger partial charge is 0.503 e. The van der Waals surface area contributed by atoms with Gasteiger partial charge in [-0.05, 0) is 26.7 Å². The molecule has 0 aromatic carbocycles. The van der Waals surface area contributed by atoms with Gasteiger partial charge in [0.15, 0.2) is 0 Å². The van der Waals surface area contributed by atoms with E-state index in [4.69, 9.17) is 9.05 Å². The molecule has 0 bridgehead atoms. The standard InChI is InChI=1S/C10H22N2O2Si/c1-7-9(3)11-13-15(5,6)14-12-10(4)8-2/h7-8H2,1-6H3/b11-9-,12-10-. The predicted molar refractivity (Wildman–Crippen MR) is 66.5 cm³/mol. The van der Waals surface area contributed by atoms with Crippen LogP contribution in [0.2, 0.25) is 13.1 Å². The molecule has 0 aliphatic carbocycles. The number of rotatable bonds is 6. The van der Waals surface area contributed by atoms with Gasteiger partial charge in [-0.25, -0.2) is 0 Å². The summed E-state index contributed by atoms with van der Waals surface area (Å²) in [6.07, 6.45) is 1.78. The summed E-state index contributed by atoms with van der Waals surface area (Å²) in [5.74, 6) is 0. The van der Waals surface area contributed by atoms with Gasteiger partial charge in [-0.2, -0.15) is 0 Å². The average molecular weight is 230 g/mol. The second-order valence-electron chi connectivity index (χ2n) is 3.94. The molecule has 0 rings (SSSR count). The second-order valence-corrected chi connectivity index (χ2v) is 7.11. The maximum absolute atomic E-state index is 5.37. The van der Waals surface area contributed by atoms with Gasteiger partial charge in [0.25, 0.3) is 0 Å². The van der Waals surface area contributed by atoms with Crippen LogP contribution in [-0.2, 0) is 9.05 Å². The van der Waals surface area contributed by atoms with Gasteiger partial charge in [0.05, 0.1) is 11.4 Å². The van der Waals surface area contributed by atoms with Crippen molar-refractivity contribution in [2.75, 3.05) is 0 Å². The van der Waals surface area contributed by atoms with E-state index in [0.717, 1.165) is 24.3 Å². The molecule has 15 heavy (non-hydrogen) atoms. The molecule has 4 nitrogen and oxygen atoms in total. The molecule has 0 aromatic heterocycles. The highest BCUT2D eigenvalue weighted by Gasteiger charge is 2.29. The molecule has 0 saturated carbocycles. The van der Waals surface area contributed by atoms with Crippen LogP contribution in [0, 0.1) is 0 Å². The van der Waals surface area contributed by atoms with Crippen molar-refractivity contribution in [3.05, 3.63) is 0 Å². The number of hydrogen-bond donors (Lipinski definition) is 0. The van der Waals surface area contributed by atoms with Gasteiger partial charge < -0.3 is 9.05 Å². The molecule has 0 fully saturated rings. The zero-order valence-electron chi connectivity index (χ0n) is 10.6. The molecule has 88 valence electrons. The SMILES string of the molecule is CC/C(C)=N\O[Si](C)(C)O/N=C(/C)CC. The fourth-order valence-electron chi connectivity index (χ4n) is 0.521. The van der Waals surface area contributed by atoms with Crippen molar-refractivity contribution >= 4 is 20.0 Å². The molecule has 0 amide bonds.